The Hall–Kier alpha value is -1.91. The molecule has 0 aromatic heterocycles. The van der Waals surface area contributed by atoms with Crippen molar-refractivity contribution in [2.45, 2.75) is 13.0 Å². The zero-order valence-corrected chi connectivity index (χ0v) is 11.3. The highest BCUT2D eigenvalue weighted by Crippen LogP contribution is 2.28. The van der Waals surface area contributed by atoms with Gasteiger partial charge in [-0.05, 0) is 30.2 Å². The molecule has 0 radical (unpaired) electrons. The first kappa shape index (κ1) is 14.5. The van der Waals surface area contributed by atoms with Crippen LogP contribution in [0.25, 0.3) is 0 Å². The first-order valence-electron chi connectivity index (χ1n) is 6.38. The molecule has 106 valence electrons. The summed E-state index contributed by atoms with van der Waals surface area (Å²) in [5.41, 5.74) is 1.54. The van der Waals surface area contributed by atoms with Gasteiger partial charge >= 0.3 is 0 Å². The van der Waals surface area contributed by atoms with Crippen LogP contribution in [-0.4, -0.2) is 18.8 Å². The third-order valence-corrected chi connectivity index (χ3v) is 2.96. The van der Waals surface area contributed by atoms with Gasteiger partial charge in [-0.1, -0.05) is 24.3 Å². The average molecular weight is 276 g/mol. The van der Waals surface area contributed by atoms with Gasteiger partial charge in [-0.2, -0.15) is 0 Å². The van der Waals surface area contributed by atoms with E-state index in [1.807, 2.05) is 12.1 Å². The fraction of sp³-hybridized carbons (Fsp3) is 0.250. The number of benzene rings is 2. The SMILES string of the molecule is COCCc1ccc(Oc2c(F)cccc2CO)cc1. The van der Waals surface area contributed by atoms with Crippen molar-refractivity contribution in [1.82, 2.24) is 0 Å². The summed E-state index contributed by atoms with van der Waals surface area (Å²) < 4.78 is 24.2. The molecular weight excluding hydrogens is 259 g/mol. The first-order valence-corrected chi connectivity index (χ1v) is 6.38. The summed E-state index contributed by atoms with van der Waals surface area (Å²) in [6.45, 7) is 0.390. The van der Waals surface area contributed by atoms with Crippen LogP contribution in [0.1, 0.15) is 11.1 Å². The quantitative estimate of drug-likeness (QED) is 0.879. The van der Waals surface area contributed by atoms with Crippen molar-refractivity contribution in [2.24, 2.45) is 0 Å². The Bertz CT molecular complexity index is 552. The topological polar surface area (TPSA) is 38.7 Å². The van der Waals surface area contributed by atoms with Gasteiger partial charge in [0.15, 0.2) is 11.6 Å². The minimum absolute atomic E-state index is 0.0691. The van der Waals surface area contributed by atoms with Gasteiger partial charge in [0.25, 0.3) is 0 Å². The Kier molecular flexibility index (Phi) is 5.09. The summed E-state index contributed by atoms with van der Waals surface area (Å²) >= 11 is 0. The molecule has 0 unspecified atom stereocenters. The highest BCUT2D eigenvalue weighted by molar-refractivity contribution is 5.39. The number of aliphatic hydroxyl groups excluding tert-OH is 1. The van der Waals surface area contributed by atoms with Gasteiger partial charge in [0, 0.05) is 12.7 Å². The van der Waals surface area contributed by atoms with E-state index < -0.39 is 5.82 Å². The maximum atomic E-state index is 13.7. The van der Waals surface area contributed by atoms with Crippen molar-refractivity contribution in [3.8, 4) is 11.5 Å². The van der Waals surface area contributed by atoms with E-state index in [9.17, 15) is 9.50 Å². The van der Waals surface area contributed by atoms with Gasteiger partial charge in [-0.3, -0.25) is 0 Å². The molecule has 0 bridgehead atoms. The van der Waals surface area contributed by atoms with E-state index in [0.717, 1.165) is 12.0 Å². The third-order valence-electron chi connectivity index (χ3n) is 2.96. The molecule has 0 amide bonds. The van der Waals surface area contributed by atoms with Crippen LogP contribution in [0.3, 0.4) is 0 Å². The first-order chi connectivity index (χ1) is 9.74. The molecule has 0 spiro atoms. The maximum absolute atomic E-state index is 13.7. The molecule has 0 saturated heterocycles. The average Bonchev–Trinajstić information content (AvgIpc) is 2.48. The van der Waals surface area contributed by atoms with Gasteiger partial charge in [-0.15, -0.1) is 0 Å². The van der Waals surface area contributed by atoms with Crippen LogP contribution in [0, 0.1) is 5.82 Å². The zero-order chi connectivity index (χ0) is 14.4. The predicted octanol–water partition coefficient (Wildman–Crippen LogP) is 3.30. The second-order valence-corrected chi connectivity index (χ2v) is 4.38. The number of aliphatic hydroxyl groups is 1. The van der Waals surface area contributed by atoms with E-state index in [0.29, 0.717) is 17.9 Å². The predicted molar refractivity (Wildman–Crippen MR) is 74.4 cm³/mol. The van der Waals surface area contributed by atoms with Crippen LogP contribution in [0.15, 0.2) is 42.5 Å². The monoisotopic (exact) mass is 276 g/mol. The molecule has 0 aliphatic heterocycles. The largest absolute Gasteiger partial charge is 0.454 e. The Balaban J connectivity index is 2.14. The number of rotatable bonds is 6. The Labute approximate surface area is 117 Å². The summed E-state index contributed by atoms with van der Waals surface area (Å²) in [7, 11) is 1.66. The minimum atomic E-state index is -0.486. The molecule has 0 aliphatic carbocycles. The number of ether oxygens (including phenoxy) is 2. The summed E-state index contributed by atoms with van der Waals surface area (Å²) in [6, 6.07) is 11.9. The number of hydrogen-bond donors (Lipinski definition) is 1. The zero-order valence-electron chi connectivity index (χ0n) is 11.3. The van der Waals surface area contributed by atoms with Crippen molar-refractivity contribution in [1.29, 1.82) is 0 Å². The second-order valence-electron chi connectivity index (χ2n) is 4.38. The lowest BCUT2D eigenvalue weighted by Crippen LogP contribution is -1.96. The van der Waals surface area contributed by atoms with Gasteiger partial charge in [0.1, 0.15) is 5.75 Å². The van der Waals surface area contributed by atoms with Crippen molar-refractivity contribution < 1.29 is 19.0 Å². The van der Waals surface area contributed by atoms with Gasteiger partial charge in [0.2, 0.25) is 0 Å². The second kappa shape index (κ2) is 7.03. The minimum Gasteiger partial charge on any atom is -0.454 e. The Morgan fingerprint density at radius 3 is 2.50 bits per heavy atom. The molecule has 1 N–H and O–H groups in total. The number of para-hydroxylation sites is 1. The van der Waals surface area contributed by atoms with Gasteiger partial charge < -0.3 is 14.6 Å². The van der Waals surface area contributed by atoms with Crippen LogP contribution in [0.5, 0.6) is 11.5 Å². The van der Waals surface area contributed by atoms with E-state index in [-0.39, 0.29) is 12.4 Å². The maximum Gasteiger partial charge on any atom is 0.168 e. The lowest BCUT2D eigenvalue weighted by molar-refractivity contribution is 0.202. The molecule has 3 nitrogen and oxygen atoms in total. The summed E-state index contributed by atoms with van der Waals surface area (Å²) in [5.74, 6) is 0.116. The highest BCUT2D eigenvalue weighted by Gasteiger charge is 2.10. The Morgan fingerprint density at radius 2 is 1.85 bits per heavy atom. The van der Waals surface area contributed by atoms with Gasteiger partial charge in [0.05, 0.1) is 13.2 Å². The van der Waals surface area contributed by atoms with E-state index in [1.165, 1.54) is 6.07 Å². The van der Waals surface area contributed by atoms with Crippen molar-refractivity contribution in [3.05, 3.63) is 59.4 Å². The molecular formula is C16H17FO3. The highest BCUT2D eigenvalue weighted by atomic mass is 19.1. The van der Waals surface area contributed by atoms with Crippen LogP contribution < -0.4 is 4.74 Å². The summed E-state index contributed by atoms with van der Waals surface area (Å²) in [4.78, 5) is 0. The van der Waals surface area contributed by atoms with E-state index in [2.05, 4.69) is 0 Å². The van der Waals surface area contributed by atoms with Crippen LogP contribution in [0.4, 0.5) is 4.39 Å². The molecule has 2 rings (SSSR count). The molecule has 0 fully saturated rings. The molecule has 2 aromatic rings. The summed E-state index contributed by atoms with van der Waals surface area (Å²) in [5, 5.41) is 9.20. The van der Waals surface area contributed by atoms with Crippen molar-refractivity contribution in [3.63, 3.8) is 0 Å². The van der Waals surface area contributed by atoms with Crippen LogP contribution >= 0.6 is 0 Å². The molecule has 0 aliphatic rings. The smallest absolute Gasteiger partial charge is 0.168 e. The van der Waals surface area contributed by atoms with Gasteiger partial charge in [-0.25, -0.2) is 4.39 Å². The molecule has 20 heavy (non-hydrogen) atoms. The number of halogens is 1. The molecule has 0 saturated carbocycles. The molecule has 0 atom stereocenters. The fourth-order valence-electron chi connectivity index (χ4n) is 1.85. The van der Waals surface area contributed by atoms with Crippen molar-refractivity contribution >= 4 is 0 Å². The molecule has 2 aromatic carbocycles. The normalized spacial score (nSPS) is 10.6. The van der Waals surface area contributed by atoms with Crippen molar-refractivity contribution in [2.75, 3.05) is 13.7 Å². The summed E-state index contributed by atoms with van der Waals surface area (Å²) in [6.07, 6.45) is 0.818. The van der Waals surface area contributed by atoms with Crippen LogP contribution in [0.2, 0.25) is 0 Å². The standard InChI is InChI=1S/C16H17FO3/c1-19-10-9-12-5-7-14(8-6-12)20-16-13(11-18)3-2-4-15(16)17/h2-8,18H,9-11H2,1H3. The third kappa shape index (κ3) is 3.56. The van der Waals surface area contributed by atoms with Crippen LogP contribution in [-0.2, 0) is 17.8 Å². The molecule has 0 heterocycles. The van der Waals surface area contributed by atoms with E-state index in [1.54, 1.807) is 31.4 Å². The molecule has 4 heteroatoms. The van der Waals surface area contributed by atoms with E-state index >= 15 is 0 Å². The lowest BCUT2D eigenvalue weighted by Gasteiger charge is -2.11. The number of hydrogen-bond acceptors (Lipinski definition) is 3. The Morgan fingerprint density at radius 1 is 1.10 bits per heavy atom. The number of methoxy groups -OCH3 is 1. The van der Waals surface area contributed by atoms with E-state index in [4.69, 9.17) is 9.47 Å². The lowest BCUT2D eigenvalue weighted by atomic mass is 10.1. The fourth-order valence-corrected chi connectivity index (χ4v) is 1.85.